The molecule has 2 aromatic heterocycles. The number of methoxy groups -OCH3 is 1. The number of phenolic OH excluding ortho intramolecular Hbond substituents is 1. The Morgan fingerprint density at radius 3 is 2.49 bits per heavy atom. The topological polar surface area (TPSA) is 131 Å². The van der Waals surface area contributed by atoms with E-state index in [9.17, 15) is 19.5 Å². The molecule has 0 radical (unpaired) electrons. The van der Waals surface area contributed by atoms with Gasteiger partial charge in [0, 0.05) is 30.4 Å². The maximum atomic E-state index is 13.0. The van der Waals surface area contributed by atoms with Crippen molar-refractivity contribution in [3.63, 3.8) is 0 Å². The summed E-state index contributed by atoms with van der Waals surface area (Å²) in [7, 11) is 1.42. The Bertz CT molecular complexity index is 1640. The van der Waals surface area contributed by atoms with E-state index < -0.39 is 11.7 Å². The number of ether oxygens (including phenoxy) is 2. The molecule has 0 aliphatic carbocycles. The van der Waals surface area contributed by atoms with Crippen LogP contribution >= 0.6 is 22.9 Å². The fourth-order valence-corrected chi connectivity index (χ4v) is 4.78. The summed E-state index contributed by atoms with van der Waals surface area (Å²) in [6, 6.07) is 9.97. The minimum Gasteiger partial charge on any atom is -0.503 e. The number of carbonyl (C=O) groups is 2. The second-order valence-electron chi connectivity index (χ2n) is 9.51. The SMILES string of the molecule is COc1cc(C=c2sc3nc(-c4ccc(C(=O)NCCNC(=O)OC(C)(C)C)cc4)cn3c2=O)cc(Cl)c1O. The number of thiazole rings is 1. The standard InChI is InChI=1S/C27H27ClN4O6S/c1-27(2,3)38-26(36)30-10-9-29-23(34)17-7-5-16(6-8-17)19-14-32-24(35)21(39-25(32)31-19)13-15-11-18(28)22(33)20(12-15)37-4/h5-8,11-14,33H,9-10H2,1-4H3,(H,29,34)(H,30,36). The molecule has 0 saturated heterocycles. The number of nitrogens with zero attached hydrogens (tertiary/aromatic N) is 2. The molecule has 0 fully saturated rings. The number of imidazole rings is 1. The number of aromatic hydroxyl groups is 1. The number of aromatic nitrogens is 2. The molecular weight excluding hydrogens is 544 g/mol. The fourth-order valence-electron chi connectivity index (χ4n) is 3.61. The quantitative estimate of drug-likeness (QED) is 0.289. The fraction of sp³-hybridized carbons (Fsp3) is 0.259. The van der Waals surface area contributed by atoms with E-state index in [1.807, 2.05) is 0 Å². The van der Waals surface area contributed by atoms with E-state index in [2.05, 4.69) is 15.6 Å². The first-order chi connectivity index (χ1) is 18.4. The summed E-state index contributed by atoms with van der Waals surface area (Å²) < 4.78 is 12.2. The van der Waals surface area contributed by atoms with Gasteiger partial charge >= 0.3 is 6.09 Å². The van der Waals surface area contributed by atoms with Crippen molar-refractivity contribution in [2.75, 3.05) is 20.2 Å². The zero-order valence-electron chi connectivity index (χ0n) is 21.7. The molecule has 3 N–H and O–H groups in total. The molecule has 39 heavy (non-hydrogen) atoms. The van der Waals surface area contributed by atoms with E-state index in [1.165, 1.54) is 22.8 Å². The minimum absolute atomic E-state index is 0.117. The third kappa shape index (κ3) is 6.68. The number of nitrogens with one attached hydrogen (secondary N) is 2. The van der Waals surface area contributed by atoms with Crippen molar-refractivity contribution in [1.29, 1.82) is 0 Å². The van der Waals surface area contributed by atoms with Crippen molar-refractivity contribution >= 4 is 46.0 Å². The first-order valence-electron chi connectivity index (χ1n) is 11.9. The maximum absolute atomic E-state index is 13.0. The number of alkyl carbamates (subject to hydrolysis) is 1. The monoisotopic (exact) mass is 570 g/mol. The largest absolute Gasteiger partial charge is 0.503 e. The van der Waals surface area contributed by atoms with Crippen molar-refractivity contribution < 1.29 is 24.2 Å². The number of rotatable bonds is 7. The molecule has 0 atom stereocenters. The molecule has 204 valence electrons. The van der Waals surface area contributed by atoms with Crippen LogP contribution in [0.1, 0.15) is 36.7 Å². The molecule has 0 aliphatic rings. The highest BCUT2D eigenvalue weighted by molar-refractivity contribution is 7.15. The van der Waals surface area contributed by atoms with Crippen molar-refractivity contribution in [1.82, 2.24) is 20.0 Å². The Hall–Kier alpha value is -4.09. The molecule has 0 saturated carbocycles. The summed E-state index contributed by atoms with van der Waals surface area (Å²) in [4.78, 5) is 42.1. The third-order valence-corrected chi connectivity index (χ3v) is 6.67. The lowest BCUT2D eigenvalue weighted by atomic mass is 10.1. The van der Waals surface area contributed by atoms with Crippen LogP contribution in [0, 0.1) is 0 Å². The van der Waals surface area contributed by atoms with Crippen LogP contribution in [0.2, 0.25) is 5.02 Å². The Balaban J connectivity index is 1.43. The van der Waals surface area contributed by atoms with Gasteiger partial charge in [-0.1, -0.05) is 35.1 Å². The number of benzene rings is 2. The molecule has 2 heterocycles. The number of hydrogen-bond acceptors (Lipinski definition) is 8. The Morgan fingerprint density at radius 2 is 1.85 bits per heavy atom. The molecule has 4 aromatic rings. The van der Waals surface area contributed by atoms with Gasteiger partial charge in [0.15, 0.2) is 16.5 Å². The first-order valence-corrected chi connectivity index (χ1v) is 13.1. The van der Waals surface area contributed by atoms with Gasteiger partial charge in [-0.15, -0.1) is 0 Å². The number of halogens is 1. The van der Waals surface area contributed by atoms with E-state index >= 15 is 0 Å². The van der Waals surface area contributed by atoms with Gasteiger partial charge in [-0.25, -0.2) is 9.78 Å². The highest BCUT2D eigenvalue weighted by Gasteiger charge is 2.16. The molecule has 10 nitrogen and oxygen atoms in total. The second kappa shape index (κ2) is 11.3. The van der Waals surface area contributed by atoms with E-state index in [0.29, 0.717) is 26.3 Å². The van der Waals surface area contributed by atoms with Crippen molar-refractivity contribution in [2.24, 2.45) is 0 Å². The normalized spacial score (nSPS) is 12.0. The molecule has 0 unspecified atom stereocenters. The molecule has 2 amide bonds. The Morgan fingerprint density at radius 1 is 1.15 bits per heavy atom. The van der Waals surface area contributed by atoms with Crippen LogP contribution in [0.15, 0.2) is 47.4 Å². The number of amides is 2. The highest BCUT2D eigenvalue weighted by atomic mass is 35.5. The van der Waals surface area contributed by atoms with Crippen LogP contribution in [-0.2, 0) is 4.74 Å². The summed E-state index contributed by atoms with van der Waals surface area (Å²) in [6.45, 7) is 5.79. The lowest BCUT2D eigenvalue weighted by molar-refractivity contribution is 0.0526. The van der Waals surface area contributed by atoms with Crippen LogP contribution in [0.3, 0.4) is 0 Å². The van der Waals surface area contributed by atoms with Crippen molar-refractivity contribution in [2.45, 2.75) is 26.4 Å². The van der Waals surface area contributed by atoms with E-state index in [-0.39, 0.29) is 41.1 Å². The van der Waals surface area contributed by atoms with Gasteiger partial charge in [-0.05, 0) is 56.7 Å². The van der Waals surface area contributed by atoms with E-state index in [0.717, 1.165) is 5.56 Å². The molecule has 12 heteroatoms. The highest BCUT2D eigenvalue weighted by Crippen LogP contribution is 2.35. The summed E-state index contributed by atoms with van der Waals surface area (Å²) >= 11 is 7.27. The van der Waals surface area contributed by atoms with Crippen LogP contribution in [0.25, 0.3) is 22.3 Å². The predicted molar refractivity (Wildman–Crippen MR) is 150 cm³/mol. The van der Waals surface area contributed by atoms with Gasteiger partial charge in [0.2, 0.25) is 0 Å². The van der Waals surface area contributed by atoms with Gasteiger partial charge in [0.1, 0.15) is 5.60 Å². The smallest absolute Gasteiger partial charge is 0.407 e. The van der Waals surface area contributed by atoms with Gasteiger partial charge in [0.05, 0.1) is 22.4 Å². The molecular formula is C27H27ClN4O6S. The summed E-state index contributed by atoms with van der Waals surface area (Å²) in [5.74, 6) is -0.242. The van der Waals surface area contributed by atoms with Crippen molar-refractivity contribution in [3.8, 4) is 22.8 Å². The second-order valence-corrected chi connectivity index (χ2v) is 10.9. The zero-order chi connectivity index (χ0) is 28.3. The predicted octanol–water partition coefficient (Wildman–Crippen LogP) is 3.59. The van der Waals surface area contributed by atoms with Gasteiger partial charge in [-0.2, -0.15) is 0 Å². The molecule has 0 aliphatic heterocycles. The van der Waals surface area contributed by atoms with Gasteiger partial charge in [-0.3, -0.25) is 14.0 Å². The lowest BCUT2D eigenvalue weighted by Gasteiger charge is -2.19. The minimum atomic E-state index is -0.591. The maximum Gasteiger partial charge on any atom is 0.407 e. The average Bonchev–Trinajstić information content (AvgIpc) is 3.42. The van der Waals surface area contributed by atoms with Gasteiger partial charge < -0.3 is 25.2 Å². The number of hydrogen-bond donors (Lipinski definition) is 3. The van der Waals surface area contributed by atoms with Crippen LogP contribution < -0.4 is 25.5 Å². The van der Waals surface area contributed by atoms with Crippen LogP contribution in [-0.4, -0.2) is 52.3 Å². The molecule has 0 spiro atoms. The number of carbonyl (C=O) groups excluding carboxylic acids is 2. The summed E-state index contributed by atoms with van der Waals surface area (Å²) in [6.07, 6.45) is 2.76. The lowest BCUT2D eigenvalue weighted by Crippen LogP contribution is -2.37. The summed E-state index contributed by atoms with van der Waals surface area (Å²) in [5, 5.41) is 15.4. The van der Waals surface area contributed by atoms with E-state index in [1.54, 1.807) is 69.4 Å². The first kappa shape index (κ1) is 27.9. The van der Waals surface area contributed by atoms with Crippen molar-refractivity contribution in [3.05, 3.63) is 73.6 Å². The molecule has 2 aromatic carbocycles. The van der Waals surface area contributed by atoms with Crippen LogP contribution in [0.5, 0.6) is 11.5 Å². The molecule has 4 rings (SSSR count). The zero-order valence-corrected chi connectivity index (χ0v) is 23.3. The summed E-state index contributed by atoms with van der Waals surface area (Å²) in [5.41, 5.74) is 1.55. The Labute approximate surface area is 232 Å². The van der Waals surface area contributed by atoms with Crippen LogP contribution in [0.4, 0.5) is 4.79 Å². The number of phenols is 1. The third-order valence-electron chi connectivity index (χ3n) is 5.39. The average molecular weight is 571 g/mol. The molecule has 0 bridgehead atoms. The number of fused-ring (bicyclic) bond motifs is 1. The Kier molecular flexibility index (Phi) is 8.12. The van der Waals surface area contributed by atoms with Gasteiger partial charge in [0.25, 0.3) is 11.5 Å². The van der Waals surface area contributed by atoms with E-state index in [4.69, 9.17) is 21.1 Å².